The maximum Gasteiger partial charge on any atom is 0.450 e. The molecule has 1 unspecified atom stereocenters. The summed E-state index contributed by atoms with van der Waals surface area (Å²) < 4.78 is 34.7. The van der Waals surface area contributed by atoms with E-state index in [0.29, 0.717) is 10.8 Å². The molecule has 1 amide bonds. The Hall–Kier alpha value is -3.83. The average molecular weight is 583 g/mol. The standard InChI is InChI=1S/C30H38N4O6S/c1-8-30(6,7)23-17-15-22(16-18-23)20-25(33-41(37,38)27-14-9-10-19-31-27)24-12-11-13-26(32-24)34(40-21(2)35)28(36)39-29(3,4)5/h9-19,25,33H,8,20H2,1-7H3. The molecule has 2 heterocycles. The lowest BCUT2D eigenvalue weighted by Crippen LogP contribution is -2.39. The zero-order valence-electron chi connectivity index (χ0n) is 24.5. The molecule has 0 saturated carbocycles. The lowest BCUT2D eigenvalue weighted by molar-refractivity contribution is -0.142. The topological polar surface area (TPSA) is 128 Å². The summed E-state index contributed by atoms with van der Waals surface area (Å²) in [6, 6.07) is 16.4. The Morgan fingerprint density at radius 3 is 2.22 bits per heavy atom. The van der Waals surface area contributed by atoms with Gasteiger partial charge in [-0.3, -0.25) is 0 Å². The van der Waals surface area contributed by atoms with Crippen LogP contribution < -0.4 is 9.79 Å². The summed E-state index contributed by atoms with van der Waals surface area (Å²) in [6.07, 6.45) is 1.66. The van der Waals surface area contributed by atoms with Crippen LogP contribution in [0.4, 0.5) is 10.6 Å². The fourth-order valence-electron chi connectivity index (χ4n) is 3.85. The third-order valence-electron chi connectivity index (χ3n) is 6.37. The van der Waals surface area contributed by atoms with Crippen LogP contribution in [0.15, 0.2) is 71.9 Å². The van der Waals surface area contributed by atoms with Gasteiger partial charge in [-0.15, -0.1) is 0 Å². The second-order valence-electron chi connectivity index (χ2n) is 11.3. The second kappa shape index (κ2) is 12.8. The maximum absolute atomic E-state index is 13.3. The van der Waals surface area contributed by atoms with E-state index in [-0.39, 0.29) is 22.7 Å². The van der Waals surface area contributed by atoms with Gasteiger partial charge in [-0.25, -0.2) is 32.7 Å². The number of sulfonamides is 1. The molecular formula is C30H38N4O6S. The Balaban J connectivity index is 2.03. The van der Waals surface area contributed by atoms with Crippen molar-refractivity contribution in [1.82, 2.24) is 14.7 Å². The molecule has 0 radical (unpaired) electrons. The number of hydrogen-bond acceptors (Lipinski definition) is 8. The van der Waals surface area contributed by atoms with Gasteiger partial charge in [-0.05, 0) is 74.4 Å². The number of ether oxygens (including phenoxy) is 1. The highest BCUT2D eigenvalue weighted by molar-refractivity contribution is 7.89. The SMILES string of the molecule is CCC(C)(C)c1ccc(CC(NS(=O)(=O)c2ccccn2)c2cccc(N(OC(C)=O)C(=O)OC(C)(C)C)n2)cc1. The minimum atomic E-state index is -4.05. The molecule has 41 heavy (non-hydrogen) atoms. The van der Waals surface area contributed by atoms with Gasteiger partial charge < -0.3 is 9.57 Å². The van der Waals surface area contributed by atoms with Crippen molar-refractivity contribution in [3.05, 3.63) is 83.7 Å². The average Bonchev–Trinajstić information content (AvgIpc) is 2.91. The Kier molecular flexibility index (Phi) is 9.88. The van der Waals surface area contributed by atoms with Crippen molar-refractivity contribution in [2.45, 2.75) is 83.4 Å². The molecule has 2 aromatic heterocycles. The maximum atomic E-state index is 13.3. The van der Waals surface area contributed by atoms with E-state index in [9.17, 15) is 18.0 Å². The lowest BCUT2D eigenvalue weighted by atomic mass is 9.82. The summed E-state index contributed by atoms with van der Waals surface area (Å²) in [5.41, 5.74) is 1.46. The minimum absolute atomic E-state index is 0.00375. The lowest BCUT2D eigenvalue weighted by Gasteiger charge is -2.26. The number of nitrogens with zero attached hydrogens (tertiary/aromatic N) is 3. The summed E-state index contributed by atoms with van der Waals surface area (Å²) in [7, 11) is -4.05. The van der Waals surface area contributed by atoms with E-state index in [2.05, 4.69) is 35.5 Å². The van der Waals surface area contributed by atoms with Crippen LogP contribution in [-0.2, 0) is 36.2 Å². The summed E-state index contributed by atoms with van der Waals surface area (Å²) >= 11 is 0. The van der Waals surface area contributed by atoms with E-state index in [4.69, 9.17) is 9.57 Å². The van der Waals surface area contributed by atoms with Crippen molar-refractivity contribution in [2.75, 3.05) is 5.06 Å². The van der Waals surface area contributed by atoms with Gasteiger partial charge in [0.15, 0.2) is 10.8 Å². The normalized spacial score (nSPS) is 12.9. The van der Waals surface area contributed by atoms with E-state index in [1.54, 1.807) is 45.0 Å². The number of rotatable bonds is 9. The first-order chi connectivity index (χ1) is 19.1. The van der Waals surface area contributed by atoms with Gasteiger partial charge in [0.1, 0.15) is 5.60 Å². The first-order valence-electron chi connectivity index (χ1n) is 13.3. The fourth-order valence-corrected chi connectivity index (χ4v) is 5.01. The summed E-state index contributed by atoms with van der Waals surface area (Å²) in [5.74, 6) is -0.806. The van der Waals surface area contributed by atoms with Crippen LogP contribution in [0.3, 0.4) is 0 Å². The zero-order chi connectivity index (χ0) is 30.4. The number of pyridine rings is 2. The summed E-state index contributed by atoms with van der Waals surface area (Å²) in [4.78, 5) is 38.4. The Bertz CT molecular complexity index is 1450. The van der Waals surface area contributed by atoms with Crippen molar-refractivity contribution in [3.63, 3.8) is 0 Å². The van der Waals surface area contributed by atoms with Gasteiger partial charge in [0.2, 0.25) is 0 Å². The van der Waals surface area contributed by atoms with Crippen molar-refractivity contribution in [3.8, 4) is 0 Å². The quantitative estimate of drug-likeness (QED) is 0.321. The number of carbonyl (C=O) groups excluding carboxylic acids is 2. The van der Waals surface area contributed by atoms with Crippen LogP contribution in [0, 0.1) is 0 Å². The first kappa shape index (κ1) is 31.7. The number of hydroxylamine groups is 1. The molecule has 3 rings (SSSR count). The molecule has 1 aromatic carbocycles. The molecule has 11 heteroatoms. The molecule has 1 atom stereocenters. The van der Waals surface area contributed by atoms with E-state index in [0.717, 1.165) is 18.9 Å². The van der Waals surface area contributed by atoms with E-state index < -0.39 is 33.7 Å². The van der Waals surface area contributed by atoms with Crippen molar-refractivity contribution in [1.29, 1.82) is 0 Å². The highest BCUT2D eigenvalue weighted by Crippen LogP contribution is 2.28. The van der Waals surface area contributed by atoms with E-state index in [1.165, 1.54) is 23.9 Å². The van der Waals surface area contributed by atoms with Crippen LogP contribution in [0.2, 0.25) is 0 Å². The molecule has 0 aliphatic rings. The number of hydrogen-bond donors (Lipinski definition) is 1. The molecule has 3 aromatic rings. The zero-order valence-corrected chi connectivity index (χ0v) is 25.4. The smallest absolute Gasteiger partial charge is 0.441 e. The molecule has 0 bridgehead atoms. The molecule has 1 N–H and O–H groups in total. The molecular weight excluding hydrogens is 544 g/mol. The van der Waals surface area contributed by atoms with Crippen LogP contribution in [0.5, 0.6) is 0 Å². The van der Waals surface area contributed by atoms with E-state index in [1.807, 2.05) is 24.3 Å². The van der Waals surface area contributed by atoms with Crippen molar-refractivity contribution in [2.24, 2.45) is 0 Å². The summed E-state index contributed by atoms with van der Waals surface area (Å²) in [5, 5.41) is 0.514. The number of nitrogens with one attached hydrogen (secondary N) is 1. The van der Waals surface area contributed by atoms with Gasteiger partial charge in [0.25, 0.3) is 10.0 Å². The molecule has 0 aliphatic heterocycles. The molecule has 220 valence electrons. The van der Waals surface area contributed by atoms with Gasteiger partial charge in [0.05, 0.1) is 11.7 Å². The fraction of sp³-hybridized carbons (Fsp3) is 0.400. The molecule has 0 spiro atoms. The number of benzene rings is 1. The van der Waals surface area contributed by atoms with Crippen LogP contribution in [0.25, 0.3) is 0 Å². The minimum Gasteiger partial charge on any atom is -0.441 e. The third-order valence-corrected chi connectivity index (χ3v) is 7.76. The predicted octanol–water partition coefficient (Wildman–Crippen LogP) is 5.65. The van der Waals surface area contributed by atoms with Crippen molar-refractivity contribution >= 4 is 27.9 Å². The Morgan fingerprint density at radius 1 is 0.976 bits per heavy atom. The molecule has 0 fully saturated rings. The molecule has 0 saturated heterocycles. The van der Waals surface area contributed by atoms with Crippen LogP contribution in [0.1, 0.15) is 77.7 Å². The van der Waals surface area contributed by atoms with Gasteiger partial charge in [-0.1, -0.05) is 62.2 Å². The monoisotopic (exact) mass is 582 g/mol. The van der Waals surface area contributed by atoms with Gasteiger partial charge >= 0.3 is 12.1 Å². The van der Waals surface area contributed by atoms with E-state index >= 15 is 0 Å². The molecule has 10 nitrogen and oxygen atoms in total. The first-order valence-corrected chi connectivity index (χ1v) is 14.8. The van der Waals surface area contributed by atoms with Crippen LogP contribution >= 0.6 is 0 Å². The van der Waals surface area contributed by atoms with Crippen molar-refractivity contribution < 1.29 is 27.6 Å². The summed E-state index contributed by atoms with van der Waals surface area (Å²) in [6.45, 7) is 12.6. The predicted molar refractivity (Wildman–Crippen MR) is 155 cm³/mol. The Morgan fingerprint density at radius 2 is 1.66 bits per heavy atom. The van der Waals surface area contributed by atoms with Crippen LogP contribution in [-0.4, -0.2) is 36.0 Å². The highest BCUT2D eigenvalue weighted by atomic mass is 32.2. The second-order valence-corrected chi connectivity index (χ2v) is 12.9. The molecule has 0 aliphatic carbocycles. The largest absolute Gasteiger partial charge is 0.450 e. The van der Waals surface area contributed by atoms with Gasteiger partial charge in [-0.2, -0.15) is 0 Å². The number of anilines is 1. The number of aromatic nitrogens is 2. The number of amides is 1. The Labute approximate surface area is 242 Å². The number of carbonyl (C=O) groups is 2. The highest BCUT2D eigenvalue weighted by Gasteiger charge is 2.29. The third kappa shape index (κ3) is 8.83. The van der Waals surface area contributed by atoms with Gasteiger partial charge in [0, 0.05) is 13.1 Å².